The van der Waals surface area contributed by atoms with Crippen LogP contribution < -0.4 is 5.32 Å². The third kappa shape index (κ3) is 5.19. The summed E-state index contributed by atoms with van der Waals surface area (Å²) >= 11 is 0. The molecule has 124 valence electrons. The number of sulfonamides is 1. The predicted octanol–water partition coefficient (Wildman–Crippen LogP) is -1.71. The summed E-state index contributed by atoms with van der Waals surface area (Å²) in [5.41, 5.74) is -1.10. The molecule has 1 heterocycles. The molecule has 0 bridgehead atoms. The minimum Gasteiger partial charge on any atom is -0.394 e. The van der Waals surface area contributed by atoms with Gasteiger partial charge >= 0.3 is 0 Å². The molecule has 21 heavy (non-hydrogen) atoms. The SMILES string of the molecule is CCC(CO)(CO)NC(=O)CCS(=O)(=O)N1CCOCC1. The summed E-state index contributed by atoms with van der Waals surface area (Å²) in [6.07, 6.45) is 0.142. The zero-order chi connectivity index (χ0) is 15.9. The number of morpholine rings is 1. The summed E-state index contributed by atoms with van der Waals surface area (Å²) in [5, 5.41) is 21.0. The van der Waals surface area contributed by atoms with Crippen molar-refractivity contribution < 1.29 is 28.2 Å². The second kappa shape index (κ2) is 8.04. The fraction of sp³-hybridized carbons (Fsp3) is 0.917. The second-order valence-corrected chi connectivity index (χ2v) is 7.16. The van der Waals surface area contributed by atoms with Crippen molar-refractivity contribution in [2.45, 2.75) is 25.3 Å². The number of carbonyl (C=O) groups is 1. The Hall–Kier alpha value is -0.740. The molecule has 1 aliphatic rings. The Kier molecular flexibility index (Phi) is 7.01. The van der Waals surface area contributed by atoms with Crippen molar-refractivity contribution >= 4 is 15.9 Å². The van der Waals surface area contributed by atoms with E-state index in [1.807, 2.05) is 0 Å². The van der Waals surface area contributed by atoms with Crippen LogP contribution in [0.25, 0.3) is 0 Å². The van der Waals surface area contributed by atoms with Crippen LogP contribution in [0.4, 0.5) is 0 Å². The molecule has 9 heteroatoms. The van der Waals surface area contributed by atoms with E-state index in [-0.39, 0.29) is 12.2 Å². The summed E-state index contributed by atoms with van der Waals surface area (Å²) in [5.74, 6) is -0.799. The number of ether oxygens (including phenoxy) is 1. The van der Waals surface area contributed by atoms with Crippen LogP contribution in [0.2, 0.25) is 0 Å². The lowest BCUT2D eigenvalue weighted by molar-refractivity contribution is -0.124. The molecule has 0 radical (unpaired) electrons. The lowest BCUT2D eigenvalue weighted by Gasteiger charge is -2.30. The maximum Gasteiger partial charge on any atom is 0.221 e. The van der Waals surface area contributed by atoms with Crippen molar-refractivity contribution in [2.75, 3.05) is 45.3 Å². The summed E-state index contributed by atoms with van der Waals surface area (Å²) in [4.78, 5) is 11.8. The van der Waals surface area contributed by atoms with Crippen LogP contribution in [-0.4, -0.2) is 79.7 Å². The van der Waals surface area contributed by atoms with Gasteiger partial charge < -0.3 is 20.3 Å². The molecule has 0 atom stereocenters. The van der Waals surface area contributed by atoms with Crippen molar-refractivity contribution in [1.82, 2.24) is 9.62 Å². The minimum atomic E-state index is -3.49. The van der Waals surface area contributed by atoms with E-state index < -0.39 is 34.7 Å². The van der Waals surface area contributed by atoms with Crippen LogP contribution in [0.5, 0.6) is 0 Å². The summed E-state index contributed by atoms with van der Waals surface area (Å²) < 4.78 is 30.5. The largest absolute Gasteiger partial charge is 0.394 e. The van der Waals surface area contributed by atoms with Gasteiger partial charge in [0.25, 0.3) is 0 Å². The molecule has 1 fully saturated rings. The number of nitrogens with zero attached hydrogens (tertiary/aromatic N) is 1. The zero-order valence-corrected chi connectivity index (χ0v) is 13.1. The quantitative estimate of drug-likeness (QED) is 0.489. The Morgan fingerprint density at radius 3 is 2.33 bits per heavy atom. The number of amides is 1. The maximum absolute atomic E-state index is 12.1. The second-order valence-electron chi connectivity index (χ2n) is 5.08. The molecule has 1 amide bonds. The fourth-order valence-corrected chi connectivity index (χ4v) is 3.38. The van der Waals surface area contributed by atoms with Crippen LogP contribution in [0.1, 0.15) is 19.8 Å². The minimum absolute atomic E-state index is 0.207. The number of hydrogen-bond donors (Lipinski definition) is 3. The van der Waals surface area contributed by atoms with Crippen molar-refractivity contribution in [3.8, 4) is 0 Å². The maximum atomic E-state index is 12.1. The van der Waals surface area contributed by atoms with Gasteiger partial charge in [0.2, 0.25) is 15.9 Å². The molecule has 0 unspecified atom stereocenters. The third-order valence-corrected chi connectivity index (χ3v) is 5.51. The average Bonchev–Trinajstić information content (AvgIpc) is 2.52. The highest BCUT2D eigenvalue weighted by Gasteiger charge is 2.30. The van der Waals surface area contributed by atoms with Gasteiger partial charge in [-0.2, -0.15) is 4.31 Å². The van der Waals surface area contributed by atoms with Crippen molar-refractivity contribution in [2.24, 2.45) is 0 Å². The average molecular weight is 324 g/mol. The van der Waals surface area contributed by atoms with E-state index in [1.54, 1.807) is 6.92 Å². The van der Waals surface area contributed by atoms with E-state index in [9.17, 15) is 23.4 Å². The molecule has 0 aliphatic carbocycles. The van der Waals surface area contributed by atoms with E-state index in [0.29, 0.717) is 32.7 Å². The normalized spacial score (nSPS) is 17.7. The fourth-order valence-electron chi connectivity index (χ4n) is 1.97. The summed E-state index contributed by atoms with van der Waals surface area (Å²) in [6.45, 7) is 2.24. The summed E-state index contributed by atoms with van der Waals surface area (Å²) in [7, 11) is -3.49. The highest BCUT2D eigenvalue weighted by Crippen LogP contribution is 2.10. The molecular weight excluding hydrogens is 300 g/mol. The Balaban J connectivity index is 2.51. The highest BCUT2D eigenvalue weighted by molar-refractivity contribution is 7.89. The number of nitrogens with one attached hydrogen (secondary N) is 1. The molecular formula is C12H24N2O6S. The van der Waals surface area contributed by atoms with E-state index in [1.165, 1.54) is 4.31 Å². The van der Waals surface area contributed by atoms with E-state index in [4.69, 9.17) is 4.74 Å². The monoisotopic (exact) mass is 324 g/mol. The van der Waals surface area contributed by atoms with E-state index >= 15 is 0 Å². The van der Waals surface area contributed by atoms with Crippen LogP contribution in [0, 0.1) is 0 Å². The zero-order valence-electron chi connectivity index (χ0n) is 12.2. The number of aliphatic hydroxyl groups excluding tert-OH is 2. The Bertz CT molecular complexity index is 421. The standard InChI is InChI=1S/C12H24N2O6S/c1-2-12(9-15,10-16)13-11(17)3-8-21(18,19)14-4-6-20-7-5-14/h15-16H,2-10H2,1H3,(H,13,17). The number of rotatable bonds is 8. The molecule has 0 saturated carbocycles. The van der Waals surface area contributed by atoms with Gasteiger partial charge in [-0.3, -0.25) is 4.79 Å². The Morgan fingerprint density at radius 2 is 1.86 bits per heavy atom. The van der Waals surface area contributed by atoms with Crippen LogP contribution >= 0.6 is 0 Å². The first-order valence-corrected chi connectivity index (χ1v) is 8.58. The van der Waals surface area contributed by atoms with Gasteiger partial charge in [0.05, 0.1) is 37.7 Å². The van der Waals surface area contributed by atoms with Gasteiger partial charge in [-0.25, -0.2) is 8.42 Å². The number of aliphatic hydroxyl groups is 2. The number of hydrogen-bond acceptors (Lipinski definition) is 6. The van der Waals surface area contributed by atoms with Crippen LogP contribution in [-0.2, 0) is 19.6 Å². The van der Waals surface area contributed by atoms with Gasteiger partial charge in [0, 0.05) is 19.5 Å². The van der Waals surface area contributed by atoms with Crippen molar-refractivity contribution in [1.29, 1.82) is 0 Å². The molecule has 3 N–H and O–H groups in total. The molecule has 8 nitrogen and oxygen atoms in total. The number of carbonyl (C=O) groups excluding carboxylic acids is 1. The topological polar surface area (TPSA) is 116 Å². The Morgan fingerprint density at radius 1 is 1.29 bits per heavy atom. The van der Waals surface area contributed by atoms with Crippen LogP contribution in [0.3, 0.4) is 0 Å². The van der Waals surface area contributed by atoms with E-state index in [0.717, 1.165) is 0 Å². The van der Waals surface area contributed by atoms with Gasteiger partial charge in [-0.1, -0.05) is 6.92 Å². The van der Waals surface area contributed by atoms with Crippen LogP contribution in [0.15, 0.2) is 0 Å². The van der Waals surface area contributed by atoms with Gasteiger partial charge in [-0.15, -0.1) is 0 Å². The smallest absolute Gasteiger partial charge is 0.221 e. The molecule has 1 saturated heterocycles. The molecule has 1 aliphatic heterocycles. The molecule has 0 aromatic rings. The van der Waals surface area contributed by atoms with Gasteiger partial charge in [-0.05, 0) is 6.42 Å². The molecule has 0 spiro atoms. The highest BCUT2D eigenvalue weighted by atomic mass is 32.2. The van der Waals surface area contributed by atoms with Gasteiger partial charge in [0.1, 0.15) is 0 Å². The lowest BCUT2D eigenvalue weighted by atomic mass is 9.98. The van der Waals surface area contributed by atoms with Crippen molar-refractivity contribution in [3.63, 3.8) is 0 Å². The Labute approximate surface area is 125 Å². The first-order chi connectivity index (χ1) is 9.89. The van der Waals surface area contributed by atoms with Crippen molar-refractivity contribution in [3.05, 3.63) is 0 Å². The molecule has 0 aromatic carbocycles. The third-order valence-electron chi connectivity index (χ3n) is 3.64. The van der Waals surface area contributed by atoms with Gasteiger partial charge in [0.15, 0.2) is 0 Å². The predicted molar refractivity (Wildman–Crippen MR) is 76.1 cm³/mol. The first kappa shape index (κ1) is 18.3. The van der Waals surface area contributed by atoms with E-state index in [2.05, 4.69) is 5.32 Å². The summed E-state index contributed by atoms with van der Waals surface area (Å²) in [6, 6.07) is 0. The lowest BCUT2D eigenvalue weighted by Crippen LogP contribution is -2.54. The molecule has 1 rings (SSSR count). The first-order valence-electron chi connectivity index (χ1n) is 6.97. The molecule has 0 aromatic heterocycles.